The van der Waals surface area contributed by atoms with Crippen molar-refractivity contribution in [2.75, 3.05) is 5.32 Å². The Balaban J connectivity index is 1.87. The van der Waals surface area contributed by atoms with Gasteiger partial charge in [0.2, 0.25) is 0 Å². The van der Waals surface area contributed by atoms with Crippen molar-refractivity contribution in [3.8, 4) is 0 Å². The molecular formula is C16H19N5. The molecule has 1 aromatic carbocycles. The SMILES string of the molecule is CC(Nc1nccc2c1ncn2C)c1ccc(CN)cc1. The third-order valence-electron chi connectivity index (χ3n) is 3.71. The van der Waals surface area contributed by atoms with Crippen molar-refractivity contribution in [2.45, 2.75) is 19.5 Å². The fourth-order valence-electron chi connectivity index (χ4n) is 2.40. The Bertz CT molecular complexity index is 745. The van der Waals surface area contributed by atoms with Crippen LogP contribution in [0.5, 0.6) is 0 Å². The van der Waals surface area contributed by atoms with Crippen LogP contribution >= 0.6 is 0 Å². The first-order valence-electron chi connectivity index (χ1n) is 7.00. The van der Waals surface area contributed by atoms with Crippen LogP contribution in [0.25, 0.3) is 11.0 Å². The zero-order valence-corrected chi connectivity index (χ0v) is 12.2. The highest BCUT2D eigenvalue weighted by Gasteiger charge is 2.11. The largest absolute Gasteiger partial charge is 0.362 e. The molecule has 0 saturated carbocycles. The molecular weight excluding hydrogens is 262 g/mol. The lowest BCUT2D eigenvalue weighted by molar-refractivity contribution is 0.874. The summed E-state index contributed by atoms with van der Waals surface area (Å²) in [6.45, 7) is 2.68. The van der Waals surface area contributed by atoms with Gasteiger partial charge >= 0.3 is 0 Å². The van der Waals surface area contributed by atoms with E-state index < -0.39 is 0 Å². The van der Waals surface area contributed by atoms with Crippen LogP contribution in [0.2, 0.25) is 0 Å². The van der Waals surface area contributed by atoms with Gasteiger partial charge in [0.15, 0.2) is 5.82 Å². The number of nitrogens with zero attached hydrogens (tertiary/aromatic N) is 3. The maximum atomic E-state index is 5.63. The number of pyridine rings is 1. The minimum absolute atomic E-state index is 0.150. The molecule has 5 heteroatoms. The van der Waals surface area contributed by atoms with Crippen molar-refractivity contribution in [3.63, 3.8) is 0 Å². The summed E-state index contributed by atoms with van der Waals surface area (Å²) in [6, 6.07) is 10.4. The van der Waals surface area contributed by atoms with Gasteiger partial charge in [-0.2, -0.15) is 0 Å². The molecule has 0 radical (unpaired) electrons. The van der Waals surface area contributed by atoms with Crippen molar-refractivity contribution in [1.82, 2.24) is 14.5 Å². The van der Waals surface area contributed by atoms with Gasteiger partial charge in [0.05, 0.1) is 17.9 Å². The van der Waals surface area contributed by atoms with Crippen LogP contribution in [0.3, 0.4) is 0 Å². The first-order chi connectivity index (χ1) is 10.2. The normalized spacial score (nSPS) is 12.5. The predicted octanol–water partition coefficient (Wildman–Crippen LogP) is 2.60. The number of benzene rings is 1. The van der Waals surface area contributed by atoms with Crippen LogP contribution in [0.4, 0.5) is 5.82 Å². The van der Waals surface area contributed by atoms with Crippen molar-refractivity contribution in [3.05, 3.63) is 54.0 Å². The minimum atomic E-state index is 0.150. The number of anilines is 1. The Morgan fingerprint density at radius 1 is 1.19 bits per heavy atom. The van der Waals surface area contributed by atoms with Crippen molar-refractivity contribution < 1.29 is 0 Å². The van der Waals surface area contributed by atoms with Gasteiger partial charge in [-0.05, 0) is 24.1 Å². The van der Waals surface area contributed by atoms with Crippen LogP contribution in [0.15, 0.2) is 42.9 Å². The van der Waals surface area contributed by atoms with Crippen LogP contribution in [0, 0.1) is 0 Å². The molecule has 0 aliphatic rings. The quantitative estimate of drug-likeness (QED) is 0.771. The smallest absolute Gasteiger partial charge is 0.154 e. The van der Waals surface area contributed by atoms with E-state index in [1.165, 1.54) is 5.56 Å². The highest BCUT2D eigenvalue weighted by molar-refractivity contribution is 5.85. The van der Waals surface area contributed by atoms with E-state index in [1.807, 2.05) is 17.7 Å². The average Bonchev–Trinajstić information content (AvgIpc) is 2.90. The molecule has 0 bridgehead atoms. The summed E-state index contributed by atoms with van der Waals surface area (Å²) in [6.07, 6.45) is 3.61. The molecule has 0 aliphatic heterocycles. The van der Waals surface area contributed by atoms with Gasteiger partial charge in [-0.3, -0.25) is 0 Å². The molecule has 1 atom stereocenters. The number of fused-ring (bicyclic) bond motifs is 1. The second-order valence-corrected chi connectivity index (χ2v) is 5.19. The second kappa shape index (κ2) is 5.54. The number of hydrogen-bond acceptors (Lipinski definition) is 4. The van der Waals surface area contributed by atoms with Gasteiger partial charge in [-0.1, -0.05) is 24.3 Å². The summed E-state index contributed by atoms with van der Waals surface area (Å²) in [5, 5.41) is 3.43. The highest BCUT2D eigenvalue weighted by Crippen LogP contribution is 2.23. The highest BCUT2D eigenvalue weighted by atomic mass is 15.1. The maximum Gasteiger partial charge on any atom is 0.154 e. The summed E-state index contributed by atoms with van der Waals surface area (Å²) >= 11 is 0. The third-order valence-corrected chi connectivity index (χ3v) is 3.71. The molecule has 5 nitrogen and oxygen atoms in total. The first-order valence-corrected chi connectivity index (χ1v) is 7.00. The lowest BCUT2D eigenvalue weighted by Crippen LogP contribution is -2.08. The van der Waals surface area contributed by atoms with Gasteiger partial charge in [-0.25, -0.2) is 9.97 Å². The van der Waals surface area contributed by atoms with Crippen LogP contribution in [-0.2, 0) is 13.6 Å². The Labute approximate surface area is 123 Å². The molecule has 2 heterocycles. The zero-order valence-electron chi connectivity index (χ0n) is 12.2. The minimum Gasteiger partial charge on any atom is -0.362 e. The van der Waals surface area contributed by atoms with Crippen LogP contribution < -0.4 is 11.1 Å². The van der Waals surface area contributed by atoms with Gasteiger partial charge in [0.1, 0.15) is 5.52 Å². The van der Waals surface area contributed by atoms with E-state index in [2.05, 4.69) is 46.5 Å². The van der Waals surface area contributed by atoms with E-state index in [-0.39, 0.29) is 6.04 Å². The van der Waals surface area contributed by atoms with E-state index in [0.717, 1.165) is 22.4 Å². The van der Waals surface area contributed by atoms with E-state index in [4.69, 9.17) is 5.73 Å². The standard InChI is InChI=1S/C16H19N5/c1-11(13-5-3-12(9-17)4-6-13)20-16-15-14(7-8-18-16)21(2)10-19-15/h3-8,10-11H,9,17H2,1-2H3,(H,18,20). The number of nitrogens with two attached hydrogens (primary N) is 1. The Hall–Kier alpha value is -2.40. The fraction of sp³-hybridized carbons (Fsp3) is 0.250. The lowest BCUT2D eigenvalue weighted by atomic mass is 10.1. The first kappa shape index (κ1) is 13.6. The number of nitrogens with one attached hydrogen (secondary N) is 1. The second-order valence-electron chi connectivity index (χ2n) is 5.19. The fourth-order valence-corrected chi connectivity index (χ4v) is 2.40. The molecule has 3 rings (SSSR count). The maximum absolute atomic E-state index is 5.63. The summed E-state index contributed by atoms with van der Waals surface area (Å²) in [7, 11) is 1.98. The predicted molar refractivity (Wildman–Crippen MR) is 84.9 cm³/mol. The summed E-state index contributed by atoms with van der Waals surface area (Å²) < 4.78 is 1.99. The average molecular weight is 281 g/mol. The molecule has 0 fully saturated rings. The molecule has 0 saturated heterocycles. The van der Waals surface area contributed by atoms with Crippen molar-refractivity contribution >= 4 is 16.9 Å². The Kier molecular flexibility index (Phi) is 3.58. The van der Waals surface area contributed by atoms with Crippen molar-refractivity contribution in [2.24, 2.45) is 12.8 Å². The molecule has 3 aromatic rings. The molecule has 2 aromatic heterocycles. The monoisotopic (exact) mass is 281 g/mol. The molecule has 3 N–H and O–H groups in total. The molecule has 0 aliphatic carbocycles. The Morgan fingerprint density at radius 2 is 1.95 bits per heavy atom. The number of hydrogen-bond donors (Lipinski definition) is 2. The summed E-state index contributed by atoms with van der Waals surface area (Å²) in [5.41, 5.74) is 9.92. The lowest BCUT2D eigenvalue weighted by Gasteiger charge is -2.15. The number of rotatable bonds is 4. The van der Waals surface area contributed by atoms with Crippen LogP contribution in [-0.4, -0.2) is 14.5 Å². The summed E-state index contributed by atoms with van der Waals surface area (Å²) in [4.78, 5) is 8.83. The number of aromatic nitrogens is 3. The van der Waals surface area contributed by atoms with E-state index in [0.29, 0.717) is 6.54 Å². The van der Waals surface area contributed by atoms with Gasteiger partial charge in [0.25, 0.3) is 0 Å². The van der Waals surface area contributed by atoms with Crippen molar-refractivity contribution in [1.29, 1.82) is 0 Å². The molecule has 0 spiro atoms. The topological polar surface area (TPSA) is 68.8 Å². The molecule has 0 amide bonds. The van der Waals surface area contributed by atoms with E-state index in [1.54, 1.807) is 12.5 Å². The number of imidazole rings is 1. The summed E-state index contributed by atoms with van der Waals surface area (Å²) in [5.74, 6) is 0.809. The zero-order chi connectivity index (χ0) is 14.8. The third kappa shape index (κ3) is 2.60. The van der Waals surface area contributed by atoms with Crippen LogP contribution in [0.1, 0.15) is 24.1 Å². The number of aryl methyl sites for hydroxylation is 1. The van der Waals surface area contributed by atoms with E-state index >= 15 is 0 Å². The van der Waals surface area contributed by atoms with Gasteiger partial charge < -0.3 is 15.6 Å². The van der Waals surface area contributed by atoms with Gasteiger partial charge in [0, 0.05) is 19.8 Å². The van der Waals surface area contributed by atoms with Gasteiger partial charge in [-0.15, -0.1) is 0 Å². The Morgan fingerprint density at radius 3 is 2.67 bits per heavy atom. The molecule has 21 heavy (non-hydrogen) atoms. The molecule has 108 valence electrons. The van der Waals surface area contributed by atoms with E-state index in [9.17, 15) is 0 Å². The molecule has 1 unspecified atom stereocenters.